The fourth-order valence-electron chi connectivity index (χ4n) is 2.07. The van der Waals surface area contributed by atoms with Gasteiger partial charge in [0, 0.05) is 11.3 Å². The van der Waals surface area contributed by atoms with Gasteiger partial charge in [0.15, 0.2) is 0 Å². The van der Waals surface area contributed by atoms with Crippen LogP contribution >= 0.6 is 0 Å². The summed E-state index contributed by atoms with van der Waals surface area (Å²) in [5.41, 5.74) is 10.1. The molecule has 0 saturated heterocycles. The van der Waals surface area contributed by atoms with E-state index < -0.39 is 5.97 Å². The Morgan fingerprint density at radius 2 is 2.05 bits per heavy atom. The molecule has 0 spiro atoms. The van der Waals surface area contributed by atoms with E-state index in [1.165, 1.54) is 0 Å². The van der Waals surface area contributed by atoms with Crippen LogP contribution in [0.15, 0.2) is 36.4 Å². The largest absolute Gasteiger partial charge is 0.478 e. The van der Waals surface area contributed by atoms with E-state index in [0.717, 1.165) is 16.6 Å². The van der Waals surface area contributed by atoms with E-state index in [-0.39, 0.29) is 5.56 Å². The fraction of sp³-hybridized carbons (Fsp3) is 0.0667. The average Bonchev–Trinajstić information content (AvgIpc) is 2.84. The van der Waals surface area contributed by atoms with E-state index in [2.05, 4.69) is 9.97 Å². The van der Waals surface area contributed by atoms with Gasteiger partial charge in [-0.2, -0.15) is 0 Å². The third-order valence-electron chi connectivity index (χ3n) is 3.28. The number of carbonyl (C=O) groups is 1. The number of nitrogens with one attached hydrogen (secondary N) is 1. The van der Waals surface area contributed by atoms with E-state index in [0.29, 0.717) is 17.0 Å². The summed E-state index contributed by atoms with van der Waals surface area (Å²) in [7, 11) is 0. The highest BCUT2D eigenvalue weighted by molar-refractivity contribution is 5.93. The minimum atomic E-state index is -0.956. The number of nitrogens with zero attached hydrogens (tertiary/aromatic N) is 1. The Kier molecular flexibility index (Phi) is 2.68. The summed E-state index contributed by atoms with van der Waals surface area (Å²) in [5.74, 6) is -0.281. The predicted molar refractivity (Wildman–Crippen MR) is 77.6 cm³/mol. The number of hydrogen-bond acceptors (Lipinski definition) is 3. The van der Waals surface area contributed by atoms with Crippen molar-refractivity contribution in [3.05, 3.63) is 47.5 Å². The van der Waals surface area contributed by atoms with Crippen LogP contribution in [0.4, 0.5) is 5.69 Å². The number of nitrogen functional groups attached to an aromatic ring is 1. The second kappa shape index (κ2) is 4.38. The maximum atomic E-state index is 11.0. The van der Waals surface area contributed by atoms with Gasteiger partial charge in [0.05, 0.1) is 16.6 Å². The molecule has 0 aliphatic heterocycles. The third kappa shape index (κ3) is 1.99. The number of nitrogens with two attached hydrogens (primary N) is 1. The molecule has 1 heterocycles. The van der Waals surface area contributed by atoms with E-state index >= 15 is 0 Å². The highest BCUT2D eigenvalue weighted by atomic mass is 16.4. The first-order valence-corrected chi connectivity index (χ1v) is 6.14. The Balaban J connectivity index is 2.12. The summed E-state index contributed by atoms with van der Waals surface area (Å²) in [4.78, 5) is 18.5. The molecule has 1 aromatic heterocycles. The van der Waals surface area contributed by atoms with Gasteiger partial charge in [0.1, 0.15) is 5.82 Å². The summed E-state index contributed by atoms with van der Waals surface area (Å²) in [6.45, 7) is 1.94. The molecule has 5 heteroatoms. The molecular formula is C15H13N3O2. The standard InChI is InChI=1S/C15H13N3O2/c1-8-2-3-9(6-11(8)16)14-17-12-5-4-10(15(19)20)7-13(12)18-14/h2-7H,16H2,1H3,(H,17,18)(H,19,20). The van der Waals surface area contributed by atoms with Gasteiger partial charge >= 0.3 is 5.97 Å². The Hall–Kier alpha value is -2.82. The second-order valence-corrected chi connectivity index (χ2v) is 4.69. The first-order chi connectivity index (χ1) is 9.54. The van der Waals surface area contributed by atoms with E-state index in [9.17, 15) is 4.79 Å². The highest BCUT2D eigenvalue weighted by Gasteiger charge is 2.09. The Morgan fingerprint density at radius 1 is 1.25 bits per heavy atom. The molecule has 100 valence electrons. The van der Waals surface area contributed by atoms with Gasteiger partial charge in [-0.3, -0.25) is 0 Å². The van der Waals surface area contributed by atoms with E-state index in [1.54, 1.807) is 18.2 Å². The van der Waals surface area contributed by atoms with Crippen LogP contribution in [0.2, 0.25) is 0 Å². The van der Waals surface area contributed by atoms with Gasteiger partial charge in [0.25, 0.3) is 0 Å². The monoisotopic (exact) mass is 267 g/mol. The third-order valence-corrected chi connectivity index (χ3v) is 3.28. The minimum absolute atomic E-state index is 0.233. The topological polar surface area (TPSA) is 92.0 Å². The molecule has 0 aliphatic rings. The summed E-state index contributed by atoms with van der Waals surface area (Å²) >= 11 is 0. The number of hydrogen-bond donors (Lipinski definition) is 3. The number of aryl methyl sites for hydroxylation is 1. The van der Waals surface area contributed by atoms with Crippen molar-refractivity contribution in [3.63, 3.8) is 0 Å². The maximum absolute atomic E-state index is 11.0. The molecule has 5 nitrogen and oxygen atoms in total. The molecule has 0 radical (unpaired) electrons. The zero-order chi connectivity index (χ0) is 14.3. The van der Waals surface area contributed by atoms with Gasteiger partial charge in [-0.15, -0.1) is 0 Å². The van der Waals surface area contributed by atoms with Crippen LogP contribution in [0.25, 0.3) is 22.4 Å². The molecule has 0 saturated carbocycles. The number of anilines is 1. The molecular weight excluding hydrogens is 254 g/mol. The van der Waals surface area contributed by atoms with Crippen LogP contribution in [-0.4, -0.2) is 21.0 Å². The molecule has 0 aliphatic carbocycles. The Bertz CT molecular complexity index is 821. The Morgan fingerprint density at radius 3 is 2.75 bits per heavy atom. The second-order valence-electron chi connectivity index (χ2n) is 4.69. The summed E-state index contributed by atoms with van der Waals surface area (Å²) in [5, 5.41) is 8.98. The van der Waals surface area contributed by atoms with Crippen molar-refractivity contribution in [1.29, 1.82) is 0 Å². The first-order valence-electron chi connectivity index (χ1n) is 6.14. The number of fused-ring (bicyclic) bond motifs is 1. The van der Waals surface area contributed by atoms with Crippen molar-refractivity contribution in [2.45, 2.75) is 6.92 Å². The number of aromatic amines is 1. The molecule has 0 atom stereocenters. The first kappa shape index (κ1) is 12.2. The lowest BCUT2D eigenvalue weighted by atomic mass is 10.1. The zero-order valence-corrected chi connectivity index (χ0v) is 10.8. The SMILES string of the molecule is Cc1ccc(-c2nc3ccc(C(=O)O)cc3[nH]2)cc1N. The van der Waals surface area contributed by atoms with Gasteiger partial charge < -0.3 is 15.8 Å². The van der Waals surface area contributed by atoms with E-state index in [4.69, 9.17) is 10.8 Å². The fourth-order valence-corrected chi connectivity index (χ4v) is 2.07. The molecule has 3 rings (SSSR count). The number of aromatic carboxylic acids is 1. The van der Waals surface area contributed by atoms with Gasteiger partial charge in [0.2, 0.25) is 0 Å². The van der Waals surface area contributed by atoms with Gasteiger partial charge in [-0.1, -0.05) is 12.1 Å². The molecule has 0 bridgehead atoms. The molecule has 20 heavy (non-hydrogen) atoms. The molecule has 3 aromatic rings. The van der Waals surface area contributed by atoms with Crippen LogP contribution < -0.4 is 5.73 Å². The number of imidazole rings is 1. The lowest BCUT2D eigenvalue weighted by molar-refractivity contribution is 0.0697. The van der Waals surface area contributed by atoms with E-state index in [1.807, 2.05) is 25.1 Å². The number of benzene rings is 2. The van der Waals surface area contributed by atoms with Crippen molar-refractivity contribution >= 4 is 22.7 Å². The van der Waals surface area contributed by atoms with Crippen molar-refractivity contribution in [3.8, 4) is 11.4 Å². The molecule has 0 amide bonds. The summed E-state index contributed by atoms with van der Waals surface area (Å²) in [6.07, 6.45) is 0. The van der Waals surface area contributed by atoms with Crippen LogP contribution in [-0.2, 0) is 0 Å². The van der Waals surface area contributed by atoms with Crippen LogP contribution in [0.1, 0.15) is 15.9 Å². The van der Waals surface area contributed by atoms with Crippen molar-refractivity contribution < 1.29 is 9.90 Å². The predicted octanol–water partition coefficient (Wildman–Crippen LogP) is 2.82. The average molecular weight is 267 g/mol. The highest BCUT2D eigenvalue weighted by Crippen LogP contribution is 2.24. The number of aromatic nitrogens is 2. The number of carboxylic acid groups (broad SMARTS) is 1. The normalized spacial score (nSPS) is 10.8. The van der Waals surface area contributed by atoms with Crippen LogP contribution in [0.3, 0.4) is 0 Å². The molecule has 2 aromatic carbocycles. The minimum Gasteiger partial charge on any atom is -0.478 e. The number of carboxylic acids is 1. The zero-order valence-electron chi connectivity index (χ0n) is 10.8. The van der Waals surface area contributed by atoms with Crippen LogP contribution in [0, 0.1) is 6.92 Å². The number of H-pyrrole nitrogens is 1. The molecule has 4 N–H and O–H groups in total. The lowest BCUT2D eigenvalue weighted by Gasteiger charge is -2.01. The Labute approximate surface area is 115 Å². The maximum Gasteiger partial charge on any atom is 0.335 e. The summed E-state index contributed by atoms with van der Waals surface area (Å²) < 4.78 is 0. The quantitative estimate of drug-likeness (QED) is 0.622. The van der Waals surface area contributed by atoms with Crippen molar-refractivity contribution in [2.24, 2.45) is 0 Å². The summed E-state index contributed by atoms with van der Waals surface area (Å²) in [6, 6.07) is 10.5. The van der Waals surface area contributed by atoms with Crippen LogP contribution in [0.5, 0.6) is 0 Å². The van der Waals surface area contributed by atoms with Gasteiger partial charge in [-0.05, 0) is 36.8 Å². The van der Waals surface area contributed by atoms with Crippen molar-refractivity contribution in [2.75, 3.05) is 5.73 Å². The molecule has 0 fully saturated rings. The van der Waals surface area contributed by atoms with Crippen molar-refractivity contribution in [1.82, 2.24) is 9.97 Å². The van der Waals surface area contributed by atoms with Gasteiger partial charge in [-0.25, -0.2) is 9.78 Å². The lowest BCUT2D eigenvalue weighted by Crippen LogP contribution is -1.94. The number of rotatable bonds is 2. The molecule has 0 unspecified atom stereocenters. The smallest absolute Gasteiger partial charge is 0.335 e.